The van der Waals surface area contributed by atoms with E-state index >= 15 is 0 Å². The summed E-state index contributed by atoms with van der Waals surface area (Å²) in [5, 5.41) is 0. The second kappa shape index (κ2) is 12.2. The van der Waals surface area contributed by atoms with Gasteiger partial charge in [0.2, 0.25) is 0 Å². The van der Waals surface area contributed by atoms with Crippen LogP contribution < -0.4 is 0 Å². The van der Waals surface area contributed by atoms with Crippen molar-refractivity contribution in [2.45, 2.75) is 24.7 Å². The molecule has 0 bridgehead atoms. The van der Waals surface area contributed by atoms with E-state index in [-0.39, 0.29) is 10.8 Å². The Hall–Kier alpha value is -7.16. The third-order valence-electron chi connectivity index (χ3n) is 13.1. The first kappa shape index (κ1) is 33.0. The molecule has 0 fully saturated rings. The highest BCUT2D eigenvalue weighted by atomic mass is 14.9. The fourth-order valence-electron chi connectivity index (χ4n) is 10.5. The summed E-state index contributed by atoms with van der Waals surface area (Å²) >= 11 is 0. The Morgan fingerprint density at radius 2 is 0.741 bits per heavy atom. The third kappa shape index (κ3) is 4.49. The van der Waals surface area contributed by atoms with Crippen molar-refractivity contribution in [2.24, 2.45) is 0 Å². The zero-order valence-electron chi connectivity index (χ0n) is 32.4. The van der Waals surface area contributed by atoms with Gasteiger partial charge in [-0.1, -0.05) is 190 Å². The second-order valence-corrected chi connectivity index (χ2v) is 16.5. The highest BCUT2D eigenvalue weighted by Crippen LogP contribution is 2.63. The summed E-state index contributed by atoms with van der Waals surface area (Å²) in [5.74, 6) is 0.741. The molecule has 1 spiro atoms. The number of rotatable bonds is 4. The quantitative estimate of drug-likeness (QED) is 0.180. The predicted octanol–water partition coefficient (Wildman–Crippen LogP) is 13.8. The fourth-order valence-corrected chi connectivity index (χ4v) is 10.5. The number of fused-ring (bicyclic) bond motifs is 13. The Kier molecular flexibility index (Phi) is 6.93. The molecule has 0 unspecified atom stereocenters. The minimum atomic E-state index is -0.372. The van der Waals surface area contributed by atoms with Crippen molar-refractivity contribution in [1.29, 1.82) is 0 Å². The molecule has 2 heteroatoms. The minimum absolute atomic E-state index is 0.229. The molecule has 1 aromatic heterocycles. The Balaban J connectivity index is 1.03. The molecule has 58 heavy (non-hydrogen) atoms. The van der Waals surface area contributed by atoms with Crippen molar-refractivity contribution in [3.63, 3.8) is 0 Å². The summed E-state index contributed by atoms with van der Waals surface area (Å²) in [5.41, 5.74) is 22.7. The molecule has 8 aromatic carbocycles. The SMILES string of the molecule is CC1(C)c2cc(-c3ccc4c(c3)C3(c5ccccc5-c5ccccc53)c3ccccc3-4)ccc2-c2c(-c3nc(-c4ccccc4)cc(-c4ccccc4)n3)cccc21. The Bertz CT molecular complexity index is 3020. The summed E-state index contributed by atoms with van der Waals surface area (Å²) in [7, 11) is 0. The first-order chi connectivity index (χ1) is 28.5. The van der Waals surface area contributed by atoms with E-state index in [1.807, 2.05) is 12.1 Å². The topological polar surface area (TPSA) is 25.8 Å². The number of nitrogens with zero attached hydrogens (tertiary/aromatic N) is 2. The van der Waals surface area contributed by atoms with Crippen LogP contribution in [0.1, 0.15) is 47.2 Å². The van der Waals surface area contributed by atoms with Gasteiger partial charge in [0.1, 0.15) is 0 Å². The smallest absolute Gasteiger partial charge is 0.161 e. The van der Waals surface area contributed by atoms with Crippen LogP contribution in [0.2, 0.25) is 0 Å². The van der Waals surface area contributed by atoms with Crippen LogP contribution in [0, 0.1) is 0 Å². The van der Waals surface area contributed by atoms with Gasteiger partial charge in [0.05, 0.1) is 16.8 Å². The summed E-state index contributed by atoms with van der Waals surface area (Å²) < 4.78 is 0. The van der Waals surface area contributed by atoms with Crippen molar-refractivity contribution in [1.82, 2.24) is 9.97 Å². The fraction of sp³-hybridized carbons (Fsp3) is 0.0714. The highest BCUT2D eigenvalue weighted by Gasteiger charge is 2.51. The molecule has 0 N–H and O–H groups in total. The maximum absolute atomic E-state index is 5.27. The van der Waals surface area contributed by atoms with Crippen LogP contribution in [0.3, 0.4) is 0 Å². The zero-order valence-corrected chi connectivity index (χ0v) is 32.4. The molecule has 2 nitrogen and oxygen atoms in total. The lowest BCUT2D eigenvalue weighted by Gasteiger charge is -2.30. The van der Waals surface area contributed by atoms with E-state index in [9.17, 15) is 0 Å². The van der Waals surface area contributed by atoms with Crippen LogP contribution in [0.5, 0.6) is 0 Å². The molecule has 3 aliphatic carbocycles. The molecule has 0 amide bonds. The van der Waals surface area contributed by atoms with E-state index in [1.54, 1.807) is 0 Å². The van der Waals surface area contributed by atoms with Crippen LogP contribution in [0.4, 0.5) is 0 Å². The largest absolute Gasteiger partial charge is 0.228 e. The van der Waals surface area contributed by atoms with Crippen molar-refractivity contribution in [2.75, 3.05) is 0 Å². The molecule has 0 atom stereocenters. The molecule has 1 heterocycles. The Morgan fingerprint density at radius 1 is 0.310 bits per heavy atom. The number of hydrogen-bond acceptors (Lipinski definition) is 2. The van der Waals surface area contributed by atoms with Crippen LogP contribution in [0.25, 0.3) is 78.4 Å². The summed E-state index contributed by atoms with van der Waals surface area (Å²) in [4.78, 5) is 10.5. The van der Waals surface area contributed by atoms with E-state index < -0.39 is 0 Å². The van der Waals surface area contributed by atoms with E-state index in [0.717, 1.165) is 33.9 Å². The van der Waals surface area contributed by atoms with Gasteiger partial charge < -0.3 is 0 Å². The Labute approximate surface area is 339 Å². The number of aromatic nitrogens is 2. The molecule has 9 aromatic rings. The van der Waals surface area contributed by atoms with Crippen molar-refractivity contribution >= 4 is 0 Å². The van der Waals surface area contributed by atoms with Crippen LogP contribution >= 0.6 is 0 Å². The van der Waals surface area contributed by atoms with Crippen LogP contribution in [-0.2, 0) is 10.8 Å². The molecule has 0 radical (unpaired) electrons. The first-order valence-corrected chi connectivity index (χ1v) is 20.2. The van der Waals surface area contributed by atoms with E-state index in [4.69, 9.17) is 9.97 Å². The van der Waals surface area contributed by atoms with Crippen molar-refractivity contribution < 1.29 is 0 Å². The number of benzene rings is 8. The van der Waals surface area contributed by atoms with Gasteiger partial charge in [0.25, 0.3) is 0 Å². The average Bonchev–Trinajstić information content (AvgIpc) is 3.85. The lowest BCUT2D eigenvalue weighted by atomic mass is 9.70. The lowest BCUT2D eigenvalue weighted by molar-refractivity contribution is 0.660. The van der Waals surface area contributed by atoms with Gasteiger partial charge in [-0.2, -0.15) is 0 Å². The van der Waals surface area contributed by atoms with Crippen molar-refractivity contribution in [3.05, 3.63) is 228 Å². The van der Waals surface area contributed by atoms with E-state index in [1.165, 1.54) is 77.9 Å². The molecular weight excluding hydrogens is 701 g/mol. The normalized spacial score (nSPS) is 14.3. The molecule has 0 saturated carbocycles. The average molecular weight is 739 g/mol. The monoisotopic (exact) mass is 738 g/mol. The molecule has 12 rings (SSSR count). The standard InChI is InChI=1S/C56H38N2/c1-55(2)48-27-15-23-44(54-57-51(35-16-5-3-6-17-35)34-52(58-54)36-18-7-4-8-19-36)53(48)43-31-29-37(32-49(43)55)38-28-30-42-41-22-11-14-26-47(41)56(50(42)33-38)45-24-12-9-20-39(45)40-21-10-13-25-46(40)56/h3-34H,1-2H3. The first-order valence-electron chi connectivity index (χ1n) is 20.2. The van der Waals surface area contributed by atoms with Gasteiger partial charge in [-0.25, -0.2) is 9.97 Å². The van der Waals surface area contributed by atoms with Crippen molar-refractivity contribution in [3.8, 4) is 78.4 Å². The highest BCUT2D eigenvalue weighted by molar-refractivity contribution is 5.97. The van der Waals surface area contributed by atoms with E-state index in [0.29, 0.717) is 0 Å². The Morgan fingerprint density at radius 3 is 1.29 bits per heavy atom. The maximum atomic E-state index is 5.27. The van der Waals surface area contributed by atoms with Gasteiger partial charge >= 0.3 is 0 Å². The van der Waals surface area contributed by atoms with Gasteiger partial charge in [-0.05, 0) is 96.1 Å². The number of hydrogen-bond donors (Lipinski definition) is 0. The van der Waals surface area contributed by atoms with E-state index in [2.05, 4.69) is 196 Å². The van der Waals surface area contributed by atoms with Crippen LogP contribution in [-0.4, -0.2) is 9.97 Å². The molecule has 0 saturated heterocycles. The minimum Gasteiger partial charge on any atom is -0.228 e. The molecule has 0 aliphatic heterocycles. The molecule has 272 valence electrons. The summed E-state index contributed by atoms with van der Waals surface area (Å²) in [6.45, 7) is 4.73. The maximum Gasteiger partial charge on any atom is 0.161 e. The molecular formula is C56H38N2. The van der Waals surface area contributed by atoms with Gasteiger partial charge in [0.15, 0.2) is 5.82 Å². The van der Waals surface area contributed by atoms with Gasteiger partial charge in [0, 0.05) is 22.1 Å². The van der Waals surface area contributed by atoms with Gasteiger partial charge in [-0.15, -0.1) is 0 Å². The van der Waals surface area contributed by atoms with Crippen LogP contribution in [0.15, 0.2) is 194 Å². The zero-order chi connectivity index (χ0) is 38.6. The van der Waals surface area contributed by atoms with Gasteiger partial charge in [-0.3, -0.25) is 0 Å². The molecule has 3 aliphatic rings. The summed E-state index contributed by atoms with van der Waals surface area (Å²) in [6, 6.07) is 71.1. The third-order valence-corrected chi connectivity index (χ3v) is 13.1. The summed E-state index contributed by atoms with van der Waals surface area (Å²) in [6.07, 6.45) is 0. The lowest BCUT2D eigenvalue weighted by Crippen LogP contribution is -2.25. The predicted molar refractivity (Wildman–Crippen MR) is 238 cm³/mol. The second-order valence-electron chi connectivity index (χ2n) is 16.5.